The number of aryl methyl sites for hydroxylation is 2. The molecule has 0 atom stereocenters. The second-order valence-corrected chi connectivity index (χ2v) is 7.05. The fourth-order valence-corrected chi connectivity index (χ4v) is 3.63. The number of rotatable bonds is 4. The number of aromatic amines is 1. The molecule has 7 nitrogen and oxygen atoms in total. The molecule has 7 heteroatoms. The number of nitrogens with zero attached hydrogens (tertiary/aromatic N) is 3. The summed E-state index contributed by atoms with van der Waals surface area (Å²) in [6, 6.07) is 9.77. The summed E-state index contributed by atoms with van der Waals surface area (Å²) in [7, 11) is 0. The van der Waals surface area contributed by atoms with Gasteiger partial charge in [0, 0.05) is 36.3 Å². The van der Waals surface area contributed by atoms with Crippen LogP contribution in [0, 0.1) is 13.8 Å². The van der Waals surface area contributed by atoms with Crippen molar-refractivity contribution in [2.75, 3.05) is 6.54 Å². The molecule has 4 rings (SSSR count). The molecule has 0 fully saturated rings. The highest BCUT2D eigenvalue weighted by molar-refractivity contribution is 5.76. The summed E-state index contributed by atoms with van der Waals surface area (Å²) >= 11 is 0. The lowest BCUT2D eigenvalue weighted by Crippen LogP contribution is -2.36. The van der Waals surface area contributed by atoms with Gasteiger partial charge in [-0.05, 0) is 38.0 Å². The van der Waals surface area contributed by atoms with Crippen LogP contribution in [-0.2, 0) is 24.2 Å². The van der Waals surface area contributed by atoms with Crippen LogP contribution in [0.2, 0.25) is 0 Å². The van der Waals surface area contributed by atoms with Crippen LogP contribution < -0.4 is 5.69 Å². The number of carbonyl (C=O) groups excluding carboxylic acids is 1. The Labute approximate surface area is 162 Å². The molecule has 0 unspecified atom stereocenters. The maximum atomic E-state index is 12.7. The summed E-state index contributed by atoms with van der Waals surface area (Å²) in [5.41, 5.74) is 3.80. The molecule has 1 aliphatic rings. The van der Waals surface area contributed by atoms with Crippen LogP contribution >= 0.6 is 0 Å². The molecule has 0 radical (unpaired) electrons. The van der Waals surface area contributed by atoms with Crippen molar-refractivity contribution in [3.05, 3.63) is 69.2 Å². The summed E-state index contributed by atoms with van der Waals surface area (Å²) in [4.78, 5) is 37.2. The Bertz CT molecular complexity index is 1040. The molecule has 1 amide bonds. The van der Waals surface area contributed by atoms with E-state index in [2.05, 4.69) is 15.0 Å². The van der Waals surface area contributed by atoms with Crippen LogP contribution in [0.5, 0.6) is 0 Å². The van der Waals surface area contributed by atoms with E-state index in [1.54, 1.807) is 6.92 Å². The third-order valence-electron chi connectivity index (χ3n) is 5.14. The molecular weight excluding hydrogens is 356 g/mol. The lowest BCUT2D eigenvalue weighted by atomic mass is 10.1. The zero-order chi connectivity index (χ0) is 19.7. The van der Waals surface area contributed by atoms with Crippen molar-refractivity contribution in [2.45, 2.75) is 39.7 Å². The fourth-order valence-electron chi connectivity index (χ4n) is 3.63. The molecule has 3 heterocycles. The highest BCUT2D eigenvalue weighted by Crippen LogP contribution is 2.26. The van der Waals surface area contributed by atoms with Gasteiger partial charge in [0.05, 0.1) is 6.54 Å². The minimum absolute atomic E-state index is 0.0694. The number of amides is 1. The van der Waals surface area contributed by atoms with Gasteiger partial charge in [-0.15, -0.1) is 0 Å². The first-order valence-electron chi connectivity index (χ1n) is 9.39. The van der Waals surface area contributed by atoms with E-state index in [1.807, 2.05) is 42.2 Å². The second-order valence-electron chi connectivity index (χ2n) is 7.05. The van der Waals surface area contributed by atoms with Gasteiger partial charge in [-0.25, -0.2) is 9.78 Å². The van der Waals surface area contributed by atoms with Crippen LogP contribution in [0.3, 0.4) is 0 Å². The summed E-state index contributed by atoms with van der Waals surface area (Å²) in [6.07, 6.45) is 1.59. The number of oxazole rings is 1. The Morgan fingerprint density at radius 1 is 1.21 bits per heavy atom. The summed E-state index contributed by atoms with van der Waals surface area (Å²) in [5, 5.41) is 0. The summed E-state index contributed by atoms with van der Waals surface area (Å²) in [5.74, 6) is 1.53. The number of hydrogen-bond donors (Lipinski definition) is 1. The molecule has 0 saturated heterocycles. The van der Waals surface area contributed by atoms with Gasteiger partial charge in [-0.2, -0.15) is 4.98 Å². The van der Waals surface area contributed by atoms with Crippen molar-refractivity contribution in [1.29, 1.82) is 0 Å². The van der Waals surface area contributed by atoms with Crippen molar-refractivity contribution in [3.8, 4) is 11.5 Å². The number of H-pyrrole nitrogens is 1. The van der Waals surface area contributed by atoms with Crippen LogP contribution in [0.25, 0.3) is 11.5 Å². The van der Waals surface area contributed by atoms with Crippen LogP contribution in [0.1, 0.15) is 34.8 Å². The largest absolute Gasteiger partial charge is 0.441 e. The van der Waals surface area contributed by atoms with Gasteiger partial charge in [-0.3, -0.25) is 4.79 Å². The van der Waals surface area contributed by atoms with E-state index >= 15 is 0 Å². The monoisotopic (exact) mass is 378 g/mol. The number of hydrogen-bond acceptors (Lipinski definition) is 5. The van der Waals surface area contributed by atoms with Gasteiger partial charge in [0.1, 0.15) is 11.5 Å². The third-order valence-corrected chi connectivity index (χ3v) is 5.14. The van der Waals surface area contributed by atoms with Crippen molar-refractivity contribution in [2.24, 2.45) is 0 Å². The lowest BCUT2D eigenvalue weighted by Gasteiger charge is -2.25. The van der Waals surface area contributed by atoms with Crippen LogP contribution in [0.15, 0.2) is 39.5 Å². The summed E-state index contributed by atoms with van der Waals surface area (Å²) in [6.45, 7) is 4.72. The van der Waals surface area contributed by atoms with Gasteiger partial charge < -0.3 is 14.3 Å². The Kier molecular flexibility index (Phi) is 4.81. The molecular formula is C21H22N4O3. The maximum absolute atomic E-state index is 12.7. The average Bonchev–Trinajstić information content (AvgIpc) is 3.11. The average molecular weight is 378 g/mol. The first-order valence-corrected chi connectivity index (χ1v) is 9.39. The number of benzene rings is 1. The third kappa shape index (κ3) is 3.60. The van der Waals surface area contributed by atoms with Crippen LogP contribution in [-0.4, -0.2) is 32.3 Å². The molecule has 1 N–H and O–H groups in total. The molecule has 0 aliphatic carbocycles. The minimum Gasteiger partial charge on any atom is -0.441 e. The van der Waals surface area contributed by atoms with Crippen molar-refractivity contribution >= 4 is 5.91 Å². The normalized spacial score (nSPS) is 13.4. The first kappa shape index (κ1) is 18.2. The highest BCUT2D eigenvalue weighted by Gasteiger charge is 2.25. The second kappa shape index (κ2) is 7.42. The van der Waals surface area contributed by atoms with Crippen molar-refractivity contribution in [1.82, 2.24) is 19.9 Å². The number of nitrogens with one attached hydrogen (secondary N) is 1. The maximum Gasteiger partial charge on any atom is 0.345 e. The highest BCUT2D eigenvalue weighted by atomic mass is 16.4. The predicted octanol–water partition coefficient (Wildman–Crippen LogP) is 2.56. The topological polar surface area (TPSA) is 92.1 Å². The van der Waals surface area contributed by atoms with Gasteiger partial charge in [0.15, 0.2) is 0 Å². The predicted molar refractivity (Wildman–Crippen MR) is 104 cm³/mol. The number of carbonyl (C=O) groups is 1. The molecule has 3 aromatic rings. The van der Waals surface area contributed by atoms with E-state index in [-0.39, 0.29) is 11.6 Å². The zero-order valence-corrected chi connectivity index (χ0v) is 16.0. The van der Waals surface area contributed by atoms with E-state index < -0.39 is 0 Å². The van der Waals surface area contributed by atoms with Gasteiger partial charge in [-0.1, -0.05) is 18.2 Å². The van der Waals surface area contributed by atoms with Gasteiger partial charge >= 0.3 is 5.69 Å². The van der Waals surface area contributed by atoms with Gasteiger partial charge in [0.25, 0.3) is 0 Å². The fraction of sp³-hybridized carbons (Fsp3) is 0.333. The van der Waals surface area contributed by atoms with Crippen LogP contribution in [0.4, 0.5) is 0 Å². The van der Waals surface area contributed by atoms with Crippen molar-refractivity contribution in [3.63, 3.8) is 0 Å². The van der Waals surface area contributed by atoms with E-state index in [0.717, 1.165) is 28.3 Å². The smallest absolute Gasteiger partial charge is 0.345 e. The summed E-state index contributed by atoms with van der Waals surface area (Å²) < 4.78 is 5.90. The number of aromatic nitrogens is 3. The van der Waals surface area contributed by atoms with Crippen molar-refractivity contribution < 1.29 is 9.21 Å². The van der Waals surface area contributed by atoms with E-state index in [0.29, 0.717) is 43.9 Å². The SMILES string of the molecule is Cc1nc(=O)[nH]c(C)c1CCC(=O)N1CCc2oc(-c3ccccc3)nc2C1. The lowest BCUT2D eigenvalue weighted by molar-refractivity contribution is -0.132. The van der Waals surface area contributed by atoms with E-state index in [9.17, 15) is 9.59 Å². The quantitative estimate of drug-likeness (QED) is 0.753. The molecule has 144 valence electrons. The van der Waals surface area contributed by atoms with E-state index in [1.165, 1.54) is 0 Å². The minimum atomic E-state index is -0.353. The molecule has 0 saturated carbocycles. The molecule has 1 aromatic carbocycles. The first-order chi connectivity index (χ1) is 13.5. The Morgan fingerprint density at radius 3 is 2.75 bits per heavy atom. The zero-order valence-electron chi connectivity index (χ0n) is 16.0. The number of fused-ring (bicyclic) bond motifs is 1. The Morgan fingerprint density at radius 2 is 2.00 bits per heavy atom. The molecule has 0 bridgehead atoms. The Balaban J connectivity index is 1.44. The molecule has 0 spiro atoms. The van der Waals surface area contributed by atoms with E-state index in [4.69, 9.17) is 4.42 Å². The molecule has 1 aliphatic heterocycles. The molecule has 2 aromatic heterocycles. The molecule has 28 heavy (non-hydrogen) atoms. The Hall–Kier alpha value is -3.22. The standard InChI is InChI=1S/C21H22N4O3/c1-13-16(14(2)23-21(27)22-13)8-9-19(26)25-11-10-18-17(12-25)24-20(28-18)15-6-4-3-5-7-15/h3-7H,8-12H2,1-2H3,(H,22,23,27). The van der Waals surface area contributed by atoms with Gasteiger partial charge in [0.2, 0.25) is 11.8 Å².